The average molecular weight is 214 g/mol. The molecule has 1 heterocycles. The molecule has 0 radical (unpaired) electrons. The van der Waals surface area contributed by atoms with Gasteiger partial charge in [0.25, 0.3) is 0 Å². The fourth-order valence-corrected chi connectivity index (χ4v) is 2.29. The first kappa shape index (κ1) is 11.2. The van der Waals surface area contributed by atoms with Crippen LogP contribution in [-0.2, 0) is 0 Å². The van der Waals surface area contributed by atoms with Crippen molar-refractivity contribution in [1.29, 1.82) is 5.26 Å². The van der Waals surface area contributed by atoms with E-state index in [1.807, 2.05) is 30.3 Å². The number of likely N-dealkylation sites (tertiary alicyclic amines) is 1. The second kappa shape index (κ2) is 5.14. The van der Waals surface area contributed by atoms with Crippen molar-refractivity contribution in [3.05, 3.63) is 35.9 Å². The molecule has 1 unspecified atom stereocenters. The van der Waals surface area contributed by atoms with Crippen LogP contribution in [0.1, 0.15) is 31.4 Å². The Morgan fingerprint density at radius 2 is 1.88 bits per heavy atom. The van der Waals surface area contributed by atoms with E-state index in [9.17, 15) is 5.26 Å². The summed E-state index contributed by atoms with van der Waals surface area (Å²) in [5, 5.41) is 9.31. The molecule has 1 atom stereocenters. The van der Waals surface area contributed by atoms with Crippen LogP contribution in [0.4, 0.5) is 0 Å². The van der Waals surface area contributed by atoms with Gasteiger partial charge in [-0.15, -0.1) is 0 Å². The Hall–Kier alpha value is -1.33. The Morgan fingerprint density at radius 1 is 1.25 bits per heavy atom. The van der Waals surface area contributed by atoms with Crippen molar-refractivity contribution in [2.75, 3.05) is 13.1 Å². The predicted molar refractivity (Wildman–Crippen MR) is 64.8 cm³/mol. The summed E-state index contributed by atoms with van der Waals surface area (Å²) in [4.78, 5) is 2.30. The molecule has 0 N–H and O–H groups in total. The zero-order chi connectivity index (χ0) is 11.4. The summed E-state index contributed by atoms with van der Waals surface area (Å²) in [7, 11) is 0. The Bertz CT molecular complexity index is 358. The van der Waals surface area contributed by atoms with Crippen LogP contribution < -0.4 is 0 Å². The quantitative estimate of drug-likeness (QED) is 0.756. The Morgan fingerprint density at radius 3 is 2.44 bits per heavy atom. The summed E-state index contributed by atoms with van der Waals surface area (Å²) >= 11 is 0. The van der Waals surface area contributed by atoms with Gasteiger partial charge in [-0.25, -0.2) is 0 Å². The second-order valence-electron chi connectivity index (χ2n) is 4.66. The molecule has 2 nitrogen and oxygen atoms in total. The molecular formula is C14H18N2. The van der Waals surface area contributed by atoms with E-state index >= 15 is 0 Å². The fourth-order valence-electron chi connectivity index (χ4n) is 2.29. The van der Waals surface area contributed by atoms with Crippen LogP contribution in [0.5, 0.6) is 0 Å². The highest BCUT2D eigenvalue weighted by Crippen LogP contribution is 2.25. The third-order valence-electron chi connectivity index (χ3n) is 3.42. The smallest absolute Gasteiger partial charge is 0.123 e. The van der Waals surface area contributed by atoms with Crippen LogP contribution in [0, 0.1) is 17.2 Å². The lowest BCUT2D eigenvalue weighted by molar-refractivity contribution is 0.165. The molecule has 0 spiro atoms. The molecule has 1 aliphatic rings. The Kier molecular flexibility index (Phi) is 3.58. The van der Waals surface area contributed by atoms with Gasteiger partial charge in [0.1, 0.15) is 6.04 Å². The molecule has 0 saturated carbocycles. The lowest BCUT2D eigenvalue weighted by Crippen LogP contribution is -2.35. The highest BCUT2D eigenvalue weighted by atomic mass is 15.2. The molecule has 1 aliphatic heterocycles. The van der Waals surface area contributed by atoms with E-state index in [1.165, 1.54) is 12.8 Å². The van der Waals surface area contributed by atoms with Crippen molar-refractivity contribution in [3.63, 3.8) is 0 Å². The predicted octanol–water partition coefficient (Wildman–Crippen LogP) is 2.98. The van der Waals surface area contributed by atoms with Gasteiger partial charge in [0.2, 0.25) is 0 Å². The van der Waals surface area contributed by atoms with Gasteiger partial charge >= 0.3 is 0 Å². The van der Waals surface area contributed by atoms with E-state index in [4.69, 9.17) is 0 Å². The van der Waals surface area contributed by atoms with Crippen LogP contribution in [0.2, 0.25) is 0 Å². The van der Waals surface area contributed by atoms with Gasteiger partial charge in [-0.2, -0.15) is 5.26 Å². The number of piperidine rings is 1. The van der Waals surface area contributed by atoms with E-state index in [2.05, 4.69) is 17.9 Å². The lowest BCUT2D eigenvalue weighted by atomic mass is 9.96. The lowest BCUT2D eigenvalue weighted by Gasteiger charge is -2.33. The molecule has 84 valence electrons. The van der Waals surface area contributed by atoms with Crippen LogP contribution >= 0.6 is 0 Å². The summed E-state index contributed by atoms with van der Waals surface area (Å²) in [6.45, 7) is 4.39. The van der Waals surface area contributed by atoms with Gasteiger partial charge in [-0.3, -0.25) is 4.90 Å². The largest absolute Gasteiger partial charge is 0.284 e. The molecule has 1 saturated heterocycles. The average Bonchev–Trinajstić information content (AvgIpc) is 2.34. The molecular weight excluding hydrogens is 196 g/mol. The first-order valence-electron chi connectivity index (χ1n) is 6.00. The van der Waals surface area contributed by atoms with Gasteiger partial charge in [-0.05, 0) is 37.4 Å². The number of hydrogen-bond acceptors (Lipinski definition) is 2. The summed E-state index contributed by atoms with van der Waals surface area (Å²) in [5.74, 6) is 0.811. The SMILES string of the molecule is CC1CCN(C(C#N)c2ccccc2)CC1. The summed E-state index contributed by atoms with van der Waals surface area (Å²) in [6.07, 6.45) is 2.43. The first-order chi connectivity index (χ1) is 7.81. The number of nitrogens with zero attached hydrogens (tertiary/aromatic N) is 2. The number of nitriles is 1. The molecule has 2 rings (SSSR count). The summed E-state index contributed by atoms with van der Waals surface area (Å²) in [5.41, 5.74) is 1.12. The maximum atomic E-state index is 9.31. The molecule has 0 amide bonds. The summed E-state index contributed by atoms with van der Waals surface area (Å²) < 4.78 is 0. The molecule has 0 aliphatic carbocycles. The molecule has 16 heavy (non-hydrogen) atoms. The van der Waals surface area contributed by atoms with E-state index in [-0.39, 0.29) is 6.04 Å². The molecule has 1 aromatic rings. The highest BCUT2D eigenvalue weighted by Gasteiger charge is 2.23. The summed E-state index contributed by atoms with van der Waals surface area (Å²) in [6, 6.07) is 12.5. The second-order valence-corrected chi connectivity index (χ2v) is 4.66. The third-order valence-corrected chi connectivity index (χ3v) is 3.42. The molecule has 1 aromatic carbocycles. The van der Waals surface area contributed by atoms with Crippen molar-refractivity contribution in [3.8, 4) is 6.07 Å². The molecule has 2 heteroatoms. The number of benzene rings is 1. The van der Waals surface area contributed by atoms with Crippen molar-refractivity contribution in [2.24, 2.45) is 5.92 Å². The van der Waals surface area contributed by atoms with Gasteiger partial charge in [0.15, 0.2) is 0 Å². The van der Waals surface area contributed by atoms with Crippen LogP contribution in [0.3, 0.4) is 0 Å². The van der Waals surface area contributed by atoms with Gasteiger partial charge in [0, 0.05) is 0 Å². The van der Waals surface area contributed by atoms with E-state index in [0.717, 1.165) is 24.6 Å². The molecule has 0 bridgehead atoms. The Labute approximate surface area is 97.5 Å². The van der Waals surface area contributed by atoms with Gasteiger partial charge in [0.05, 0.1) is 6.07 Å². The van der Waals surface area contributed by atoms with Gasteiger partial charge in [-0.1, -0.05) is 37.3 Å². The topological polar surface area (TPSA) is 27.0 Å². The standard InChI is InChI=1S/C14H18N2/c1-12-7-9-16(10-8-12)14(11-15)13-5-3-2-4-6-13/h2-6,12,14H,7-10H2,1H3. The third kappa shape index (κ3) is 2.43. The van der Waals surface area contributed by atoms with Gasteiger partial charge < -0.3 is 0 Å². The zero-order valence-electron chi connectivity index (χ0n) is 9.76. The normalized spacial score (nSPS) is 20.2. The Balaban J connectivity index is 2.09. The minimum atomic E-state index is -0.0614. The van der Waals surface area contributed by atoms with Crippen molar-refractivity contribution < 1.29 is 0 Å². The molecule has 0 aromatic heterocycles. The van der Waals surface area contributed by atoms with E-state index in [0.29, 0.717) is 0 Å². The zero-order valence-corrected chi connectivity index (χ0v) is 9.76. The van der Waals surface area contributed by atoms with Crippen LogP contribution in [-0.4, -0.2) is 18.0 Å². The maximum absolute atomic E-state index is 9.31. The first-order valence-corrected chi connectivity index (χ1v) is 6.00. The fraction of sp³-hybridized carbons (Fsp3) is 0.500. The monoisotopic (exact) mass is 214 g/mol. The van der Waals surface area contributed by atoms with Crippen molar-refractivity contribution >= 4 is 0 Å². The van der Waals surface area contributed by atoms with Crippen molar-refractivity contribution in [1.82, 2.24) is 4.90 Å². The number of rotatable bonds is 2. The minimum absolute atomic E-state index is 0.0614. The molecule has 1 fully saturated rings. The van der Waals surface area contributed by atoms with Crippen LogP contribution in [0.25, 0.3) is 0 Å². The van der Waals surface area contributed by atoms with E-state index in [1.54, 1.807) is 0 Å². The number of hydrogen-bond donors (Lipinski definition) is 0. The highest BCUT2D eigenvalue weighted by molar-refractivity contribution is 5.24. The maximum Gasteiger partial charge on any atom is 0.123 e. The minimum Gasteiger partial charge on any atom is -0.284 e. The van der Waals surface area contributed by atoms with Crippen LogP contribution in [0.15, 0.2) is 30.3 Å². The van der Waals surface area contributed by atoms with Crippen molar-refractivity contribution in [2.45, 2.75) is 25.8 Å². The van der Waals surface area contributed by atoms with E-state index < -0.39 is 0 Å².